The molecule has 4 aromatic rings. The van der Waals surface area contributed by atoms with E-state index < -0.39 is 0 Å². The Hall–Kier alpha value is -4.26. The molecule has 1 heterocycles. The molecule has 1 amide bonds. The molecule has 162 valence electrons. The van der Waals surface area contributed by atoms with E-state index in [1.807, 2.05) is 48.5 Å². The first-order valence-corrected chi connectivity index (χ1v) is 9.95. The largest absolute Gasteiger partial charge is 0.497 e. The molecule has 0 atom stereocenters. The van der Waals surface area contributed by atoms with Crippen LogP contribution in [0.3, 0.4) is 0 Å². The van der Waals surface area contributed by atoms with Crippen molar-refractivity contribution < 1.29 is 19.0 Å². The van der Waals surface area contributed by atoms with Crippen LogP contribution in [0.25, 0.3) is 10.8 Å². The number of hydrogen-bond donors (Lipinski definition) is 2. The number of methoxy groups -OCH3 is 3. The van der Waals surface area contributed by atoms with Crippen molar-refractivity contribution in [3.05, 3.63) is 78.5 Å². The van der Waals surface area contributed by atoms with Crippen LogP contribution in [-0.2, 0) is 0 Å². The smallest absolute Gasteiger partial charge is 0.257 e. The highest BCUT2D eigenvalue weighted by Gasteiger charge is 2.16. The van der Waals surface area contributed by atoms with Gasteiger partial charge in [-0.25, -0.2) is 4.98 Å². The van der Waals surface area contributed by atoms with Crippen molar-refractivity contribution in [1.29, 1.82) is 0 Å². The van der Waals surface area contributed by atoms with Crippen LogP contribution in [-0.4, -0.2) is 32.2 Å². The Morgan fingerprint density at radius 1 is 0.812 bits per heavy atom. The third-order valence-electron chi connectivity index (χ3n) is 5.05. The predicted molar refractivity (Wildman–Crippen MR) is 126 cm³/mol. The van der Waals surface area contributed by atoms with Crippen LogP contribution in [0.1, 0.15) is 10.4 Å². The Morgan fingerprint density at radius 3 is 2.19 bits per heavy atom. The second-order valence-corrected chi connectivity index (χ2v) is 6.94. The van der Waals surface area contributed by atoms with E-state index >= 15 is 0 Å². The second-order valence-electron chi connectivity index (χ2n) is 6.94. The molecule has 0 aliphatic heterocycles. The molecule has 32 heavy (non-hydrogen) atoms. The van der Waals surface area contributed by atoms with Crippen molar-refractivity contribution in [3.8, 4) is 17.2 Å². The highest BCUT2D eigenvalue weighted by Crippen LogP contribution is 2.31. The summed E-state index contributed by atoms with van der Waals surface area (Å²) in [4.78, 5) is 17.7. The summed E-state index contributed by atoms with van der Waals surface area (Å²) in [5.74, 6) is 2.28. The molecule has 7 heteroatoms. The Morgan fingerprint density at radius 2 is 1.50 bits per heavy atom. The molecule has 3 aromatic carbocycles. The fourth-order valence-electron chi connectivity index (χ4n) is 3.39. The molecule has 7 nitrogen and oxygen atoms in total. The van der Waals surface area contributed by atoms with Gasteiger partial charge in [0.1, 0.15) is 23.1 Å². The van der Waals surface area contributed by atoms with Crippen LogP contribution in [0.5, 0.6) is 17.2 Å². The van der Waals surface area contributed by atoms with E-state index in [1.54, 1.807) is 45.7 Å². The van der Waals surface area contributed by atoms with Crippen LogP contribution in [0.15, 0.2) is 72.9 Å². The van der Waals surface area contributed by atoms with Crippen molar-refractivity contribution in [2.45, 2.75) is 0 Å². The Balaban J connectivity index is 1.67. The summed E-state index contributed by atoms with van der Waals surface area (Å²) in [6.07, 6.45) is 1.57. The number of rotatable bonds is 7. The molecule has 0 aliphatic carbocycles. The number of carbonyl (C=O) groups is 1. The molecule has 0 unspecified atom stereocenters. The highest BCUT2D eigenvalue weighted by molar-refractivity contribution is 6.14. The van der Waals surface area contributed by atoms with E-state index in [0.29, 0.717) is 28.6 Å². The normalized spacial score (nSPS) is 10.5. The van der Waals surface area contributed by atoms with E-state index in [2.05, 4.69) is 15.6 Å². The van der Waals surface area contributed by atoms with Gasteiger partial charge in [0, 0.05) is 23.3 Å². The van der Waals surface area contributed by atoms with Crippen LogP contribution in [0.4, 0.5) is 17.2 Å². The molecular formula is C25H23N3O4. The topological polar surface area (TPSA) is 81.7 Å². The lowest BCUT2D eigenvalue weighted by atomic mass is 10.1. The monoisotopic (exact) mass is 429 g/mol. The zero-order valence-electron chi connectivity index (χ0n) is 18.0. The van der Waals surface area contributed by atoms with Gasteiger partial charge in [-0.05, 0) is 41.8 Å². The zero-order chi connectivity index (χ0) is 22.5. The van der Waals surface area contributed by atoms with Crippen LogP contribution < -0.4 is 24.8 Å². The Labute approximate surface area is 186 Å². The molecule has 0 fully saturated rings. The Bertz CT molecular complexity index is 1260. The van der Waals surface area contributed by atoms with Gasteiger partial charge in [-0.15, -0.1) is 0 Å². The maximum Gasteiger partial charge on any atom is 0.257 e. The third kappa shape index (κ3) is 4.27. The molecule has 0 saturated carbocycles. The van der Waals surface area contributed by atoms with Gasteiger partial charge in [0.05, 0.1) is 32.6 Å². The van der Waals surface area contributed by atoms with Gasteiger partial charge in [-0.1, -0.05) is 24.3 Å². The number of benzene rings is 3. The standard InChI is InChI=1S/C25H23N3O4/c1-30-17-10-8-16(9-11-17)27-24-20-7-5-4-6-19(20)21(15-26-24)25(29)28-22-14-18(31-2)12-13-23(22)32-3/h4-15H,1-3H3,(H,26,27)(H,28,29). The summed E-state index contributed by atoms with van der Waals surface area (Å²) < 4.78 is 15.8. The van der Waals surface area contributed by atoms with Gasteiger partial charge < -0.3 is 24.8 Å². The van der Waals surface area contributed by atoms with Crippen LogP contribution >= 0.6 is 0 Å². The summed E-state index contributed by atoms with van der Waals surface area (Å²) in [6, 6.07) is 20.4. The number of carbonyl (C=O) groups excluding carboxylic acids is 1. The lowest BCUT2D eigenvalue weighted by Crippen LogP contribution is -2.14. The number of amides is 1. The number of ether oxygens (including phenoxy) is 3. The number of nitrogens with one attached hydrogen (secondary N) is 2. The minimum absolute atomic E-state index is 0.295. The molecule has 0 radical (unpaired) electrons. The van der Waals surface area contributed by atoms with E-state index in [4.69, 9.17) is 14.2 Å². The molecule has 0 spiro atoms. The average molecular weight is 429 g/mol. The quantitative estimate of drug-likeness (QED) is 0.417. The van der Waals surface area contributed by atoms with E-state index in [9.17, 15) is 4.79 Å². The molecule has 1 aromatic heterocycles. The minimum Gasteiger partial charge on any atom is -0.497 e. The predicted octanol–water partition coefficient (Wildman–Crippen LogP) is 5.26. The van der Waals surface area contributed by atoms with Crippen molar-refractivity contribution in [3.63, 3.8) is 0 Å². The maximum absolute atomic E-state index is 13.2. The maximum atomic E-state index is 13.2. The van der Waals surface area contributed by atoms with Gasteiger partial charge in [0.15, 0.2) is 0 Å². The fourth-order valence-corrected chi connectivity index (χ4v) is 3.39. The van der Waals surface area contributed by atoms with E-state index in [-0.39, 0.29) is 5.91 Å². The van der Waals surface area contributed by atoms with Crippen molar-refractivity contribution in [2.24, 2.45) is 0 Å². The van der Waals surface area contributed by atoms with Gasteiger partial charge in [-0.2, -0.15) is 0 Å². The second kappa shape index (κ2) is 9.26. The summed E-state index contributed by atoms with van der Waals surface area (Å²) in [7, 11) is 4.75. The van der Waals surface area contributed by atoms with Gasteiger partial charge in [-0.3, -0.25) is 4.79 Å². The molecule has 4 rings (SSSR count). The average Bonchev–Trinajstić information content (AvgIpc) is 2.84. The number of aromatic nitrogens is 1. The van der Waals surface area contributed by atoms with Gasteiger partial charge >= 0.3 is 0 Å². The SMILES string of the molecule is COc1ccc(Nc2ncc(C(=O)Nc3cc(OC)ccc3OC)c3ccccc23)cc1. The lowest BCUT2D eigenvalue weighted by molar-refractivity contribution is 0.102. The van der Waals surface area contributed by atoms with Crippen molar-refractivity contribution >= 4 is 33.9 Å². The highest BCUT2D eigenvalue weighted by atomic mass is 16.5. The number of pyridine rings is 1. The van der Waals surface area contributed by atoms with Gasteiger partial charge in [0.2, 0.25) is 0 Å². The lowest BCUT2D eigenvalue weighted by Gasteiger charge is -2.14. The summed E-state index contributed by atoms with van der Waals surface area (Å²) in [5.41, 5.74) is 1.83. The third-order valence-corrected chi connectivity index (χ3v) is 5.05. The summed E-state index contributed by atoms with van der Waals surface area (Å²) in [5, 5.41) is 7.82. The molecule has 2 N–H and O–H groups in total. The first kappa shape index (κ1) is 21.0. The number of anilines is 3. The number of nitrogens with zero attached hydrogens (tertiary/aromatic N) is 1. The minimum atomic E-state index is -0.295. The zero-order valence-corrected chi connectivity index (χ0v) is 18.0. The van der Waals surface area contributed by atoms with Crippen LogP contribution in [0.2, 0.25) is 0 Å². The molecule has 0 saturated heterocycles. The van der Waals surface area contributed by atoms with Gasteiger partial charge in [0.25, 0.3) is 5.91 Å². The van der Waals surface area contributed by atoms with Crippen molar-refractivity contribution in [2.75, 3.05) is 32.0 Å². The summed E-state index contributed by atoms with van der Waals surface area (Å²) in [6.45, 7) is 0. The molecular weight excluding hydrogens is 406 g/mol. The van der Waals surface area contributed by atoms with E-state index in [1.165, 1.54) is 0 Å². The summed E-state index contributed by atoms with van der Waals surface area (Å²) >= 11 is 0. The first-order valence-electron chi connectivity index (χ1n) is 9.95. The number of fused-ring (bicyclic) bond motifs is 1. The van der Waals surface area contributed by atoms with Crippen LogP contribution in [0, 0.1) is 0 Å². The molecule has 0 bridgehead atoms. The van der Waals surface area contributed by atoms with Crippen molar-refractivity contribution in [1.82, 2.24) is 4.98 Å². The number of hydrogen-bond acceptors (Lipinski definition) is 6. The first-order chi connectivity index (χ1) is 15.6. The fraction of sp³-hybridized carbons (Fsp3) is 0.120. The molecule has 0 aliphatic rings. The van der Waals surface area contributed by atoms with E-state index in [0.717, 1.165) is 22.2 Å². The Kier molecular flexibility index (Phi) is 6.07.